The summed E-state index contributed by atoms with van der Waals surface area (Å²) < 4.78 is 17.1. The first-order valence-electron chi connectivity index (χ1n) is 6.73. The highest BCUT2D eigenvalue weighted by atomic mass is 32.1. The van der Waals surface area contributed by atoms with Gasteiger partial charge in [-0.15, -0.1) is 11.3 Å². The molecule has 1 aromatic rings. The zero-order valence-electron chi connectivity index (χ0n) is 11.3. The smallest absolute Gasteiger partial charge is 0.351 e. The van der Waals surface area contributed by atoms with E-state index < -0.39 is 11.8 Å². The van der Waals surface area contributed by atoms with Gasteiger partial charge in [0.25, 0.3) is 0 Å². The highest BCUT2D eigenvalue weighted by Crippen LogP contribution is 2.37. The number of thiazole rings is 1. The first-order chi connectivity index (χ1) is 9.58. The van der Waals surface area contributed by atoms with E-state index >= 15 is 0 Å². The SMILES string of the molecule is Cc1nc(OC2CCC3(CC2)OCCO3)c(C(=O)O)s1. The van der Waals surface area contributed by atoms with Crippen molar-refractivity contribution in [1.82, 2.24) is 4.98 Å². The summed E-state index contributed by atoms with van der Waals surface area (Å²) in [5.41, 5.74) is 0. The Balaban J connectivity index is 1.63. The number of rotatable bonds is 3. The van der Waals surface area contributed by atoms with Crippen LogP contribution in [0.1, 0.15) is 40.4 Å². The van der Waals surface area contributed by atoms with Gasteiger partial charge in [0.15, 0.2) is 10.7 Å². The number of carboxylic acid groups (broad SMARTS) is 1. The first-order valence-corrected chi connectivity index (χ1v) is 7.55. The predicted molar refractivity (Wildman–Crippen MR) is 71.3 cm³/mol. The standard InChI is InChI=1S/C13H17NO5S/c1-8-14-11(10(20-8)12(15)16)19-9-2-4-13(5-3-9)17-6-7-18-13/h9H,2-7H2,1H3,(H,15,16). The number of ether oxygens (including phenoxy) is 3. The van der Waals surface area contributed by atoms with Crippen LogP contribution in [0.15, 0.2) is 0 Å². The fraction of sp³-hybridized carbons (Fsp3) is 0.692. The second-order valence-corrected chi connectivity index (χ2v) is 6.30. The van der Waals surface area contributed by atoms with Crippen molar-refractivity contribution >= 4 is 17.3 Å². The maximum absolute atomic E-state index is 11.1. The fourth-order valence-electron chi connectivity index (χ4n) is 2.72. The number of nitrogens with zero attached hydrogens (tertiary/aromatic N) is 1. The molecule has 0 atom stereocenters. The summed E-state index contributed by atoms with van der Waals surface area (Å²) in [6.07, 6.45) is 3.12. The van der Waals surface area contributed by atoms with E-state index in [1.807, 2.05) is 0 Å². The summed E-state index contributed by atoms with van der Waals surface area (Å²) in [5.74, 6) is -1.16. The van der Waals surface area contributed by atoms with Crippen LogP contribution in [-0.4, -0.2) is 41.2 Å². The van der Waals surface area contributed by atoms with Crippen LogP contribution < -0.4 is 4.74 Å². The molecule has 1 saturated carbocycles. The third-order valence-corrected chi connectivity index (χ3v) is 4.62. The Morgan fingerprint density at radius 2 is 2.05 bits per heavy atom. The zero-order chi connectivity index (χ0) is 14.2. The van der Waals surface area contributed by atoms with Crippen molar-refractivity contribution in [3.8, 4) is 5.88 Å². The van der Waals surface area contributed by atoms with E-state index in [2.05, 4.69) is 4.98 Å². The summed E-state index contributed by atoms with van der Waals surface area (Å²) in [6.45, 7) is 3.08. The summed E-state index contributed by atoms with van der Waals surface area (Å²) in [6, 6.07) is 0. The van der Waals surface area contributed by atoms with Crippen LogP contribution in [-0.2, 0) is 9.47 Å². The van der Waals surface area contributed by atoms with Crippen molar-refractivity contribution in [3.05, 3.63) is 9.88 Å². The molecule has 3 rings (SSSR count). The molecule has 110 valence electrons. The average Bonchev–Trinajstić information content (AvgIpc) is 3.00. The fourth-order valence-corrected chi connectivity index (χ4v) is 3.41. The number of carbonyl (C=O) groups is 1. The van der Waals surface area contributed by atoms with Gasteiger partial charge < -0.3 is 19.3 Å². The van der Waals surface area contributed by atoms with Gasteiger partial charge in [-0.1, -0.05) is 0 Å². The van der Waals surface area contributed by atoms with Crippen LogP contribution in [0.4, 0.5) is 0 Å². The Bertz CT molecular complexity index is 499. The molecule has 1 N–H and O–H groups in total. The van der Waals surface area contributed by atoms with Crippen LogP contribution >= 0.6 is 11.3 Å². The predicted octanol–water partition coefficient (Wildman–Crippen LogP) is 2.21. The van der Waals surface area contributed by atoms with Gasteiger partial charge in [-0.25, -0.2) is 9.78 Å². The minimum atomic E-state index is -0.986. The Morgan fingerprint density at radius 1 is 1.40 bits per heavy atom. The van der Waals surface area contributed by atoms with Crippen molar-refractivity contribution in [1.29, 1.82) is 0 Å². The van der Waals surface area contributed by atoms with Crippen LogP contribution in [0.2, 0.25) is 0 Å². The molecule has 2 aliphatic rings. The lowest BCUT2D eigenvalue weighted by atomic mass is 9.92. The number of aryl methyl sites for hydroxylation is 1. The highest BCUT2D eigenvalue weighted by Gasteiger charge is 2.41. The molecule has 1 spiro atoms. The van der Waals surface area contributed by atoms with E-state index in [-0.39, 0.29) is 16.9 Å². The molecule has 1 aliphatic heterocycles. The topological polar surface area (TPSA) is 77.9 Å². The summed E-state index contributed by atoms with van der Waals surface area (Å²) >= 11 is 1.14. The third-order valence-electron chi connectivity index (χ3n) is 3.68. The highest BCUT2D eigenvalue weighted by molar-refractivity contribution is 7.13. The quantitative estimate of drug-likeness (QED) is 0.922. The van der Waals surface area contributed by atoms with E-state index in [1.165, 1.54) is 0 Å². The van der Waals surface area contributed by atoms with Crippen LogP contribution in [0.5, 0.6) is 5.88 Å². The molecular formula is C13H17NO5S. The van der Waals surface area contributed by atoms with Gasteiger partial charge in [-0.2, -0.15) is 0 Å². The van der Waals surface area contributed by atoms with Gasteiger partial charge in [-0.05, 0) is 19.8 Å². The number of aromatic carboxylic acids is 1. The van der Waals surface area contributed by atoms with Crippen molar-refractivity contribution in [2.24, 2.45) is 0 Å². The summed E-state index contributed by atoms with van der Waals surface area (Å²) in [5, 5.41) is 9.83. The van der Waals surface area contributed by atoms with E-state index in [1.54, 1.807) is 6.92 Å². The third kappa shape index (κ3) is 2.65. The normalized spacial score (nSPS) is 22.2. The average molecular weight is 299 g/mol. The number of aromatic nitrogens is 1. The Kier molecular flexibility index (Phi) is 3.66. The van der Waals surface area contributed by atoms with Gasteiger partial charge in [0.05, 0.1) is 18.2 Å². The molecule has 0 amide bonds. The molecule has 0 bridgehead atoms. The molecule has 0 unspecified atom stereocenters. The van der Waals surface area contributed by atoms with Gasteiger partial charge in [0, 0.05) is 12.8 Å². The summed E-state index contributed by atoms with van der Waals surface area (Å²) in [7, 11) is 0. The van der Waals surface area contributed by atoms with Gasteiger partial charge in [0.2, 0.25) is 5.88 Å². The second-order valence-electron chi connectivity index (χ2n) is 5.10. The molecule has 1 aliphatic carbocycles. The van der Waals surface area contributed by atoms with Crippen LogP contribution in [0.25, 0.3) is 0 Å². The number of carboxylic acids is 1. The van der Waals surface area contributed by atoms with E-state index in [4.69, 9.17) is 19.3 Å². The van der Waals surface area contributed by atoms with Crippen molar-refractivity contribution < 1.29 is 24.1 Å². The molecule has 0 radical (unpaired) electrons. The van der Waals surface area contributed by atoms with Gasteiger partial charge >= 0.3 is 5.97 Å². The summed E-state index contributed by atoms with van der Waals surface area (Å²) in [4.78, 5) is 15.5. The van der Waals surface area contributed by atoms with Crippen LogP contribution in [0.3, 0.4) is 0 Å². The molecule has 7 heteroatoms. The molecular weight excluding hydrogens is 282 g/mol. The van der Waals surface area contributed by atoms with Gasteiger partial charge in [-0.3, -0.25) is 0 Å². The van der Waals surface area contributed by atoms with E-state index in [0.717, 1.165) is 37.0 Å². The number of hydrogen-bond acceptors (Lipinski definition) is 6. The van der Waals surface area contributed by atoms with E-state index in [9.17, 15) is 4.79 Å². The second kappa shape index (κ2) is 5.31. The molecule has 2 fully saturated rings. The Labute approximate surface area is 120 Å². The minimum absolute atomic E-state index is 0.0203. The lowest BCUT2D eigenvalue weighted by Gasteiger charge is -2.35. The lowest BCUT2D eigenvalue weighted by Crippen LogP contribution is -2.38. The molecule has 6 nitrogen and oxygen atoms in total. The molecule has 2 heterocycles. The largest absolute Gasteiger partial charge is 0.477 e. The maximum atomic E-state index is 11.1. The van der Waals surface area contributed by atoms with Crippen molar-refractivity contribution in [3.63, 3.8) is 0 Å². The minimum Gasteiger partial charge on any atom is -0.477 e. The lowest BCUT2D eigenvalue weighted by molar-refractivity contribution is -0.186. The molecule has 0 aromatic carbocycles. The maximum Gasteiger partial charge on any atom is 0.351 e. The first kappa shape index (κ1) is 13.8. The Hall–Kier alpha value is -1.18. The molecule has 1 aromatic heterocycles. The monoisotopic (exact) mass is 299 g/mol. The van der Waals surface area contributed by atoms with Crippen molar-refractivity contribution in [2.75, 3.05) is 13.2 Å². The molecule has 1 saturated heterocycles. The van der Waals surface area contributed by atoms with Gasteiger partial charge in [0.1, 0.15) is 6.10 Å². The Morgan fingerprint density at radius 3 is 2.65 bits per heavy atom. The van der Waals surface area contributed by atoms with E-state index in [0.29, 0.717) is 18.2 Å². The number of hydrogen-bond donors (Lipinski definition) is 1. The molecule has 20 heavy (non-hydrogen) atoms. The van der Waals surface area contributed by atoms with Crippen molar-refractivity contribution in [2.45, 2.75) is 44.5 Å². The zero-order valence-corrected chi connectivity index (χ0v) is 12.1. The van der Waals surface area contributed by atoms with Crippen LogP contribution in [0, 0.1) is 6.92 Å².